The van der Waals surface area contributed by atoms with Gasteiger partial charge in [-0.1, -0.05) is 23.7 Å². The predicted octanol–water partition coefficient (Wildman–Crippen LogP) is 4.28. The lowest BCUT2D eigenvalue weighted by atomic mass is 10.0. The van der Waals surface area contributed by atoms with E-state index in [1.165, 1.54) is 12.1 Å². The summed E-state index contributed by atoms with van der Waals surface area (Å²) in [5.41, 5.74) is 2.63. The van der Waals surface area contributed by atoms with E-state index in [2.05, 4.69) is 4.98 Å². The van der Waals surface area contributed by atoms with Crippen molar-refractivity contribution in [2.24, 2.45) is 0 Å². The van der Waals surface area contributed by atoms with Crippen molar-refractivity contribution in [2.45, 2.75) is 5.88 Å². The van der Waals surface area contributed by atoms with E-state index >= 15 is 0 Å². The van der Waals surface area contributed by atoms with Crippen molar-refractivity contribution in [3.8, 4) is 11.1 Å². The molecule has 0 radical (unpaired) electrons. The van der Waals surface area contributed by atoms with Gasteiger partial charge < -0.3 is 0 Å². The number of aromatic nitrogens is 1. The first kappa shape index (κ1) is 11.4. The number of nitrogens with zero attached hydrogens (tertiary/aromatic N) is 1. The Kier molecular flexibility index (Phi) is 3.42. The molecule has 2 aromatic rings. The van der Waals surface area contributed by atoms with Crippen LogP contribution in [0.2, 0.25) is 5.15 Å². The molecule has 0 atom stereocenters. The Morgan fingerprint density at radius 3 is 2.50 bits per heavy atom. The maximum absolute atomic E-state index is 12.8. The number of benzene rings is 1. The van der Waals surface area contributed by atoms with Gasteiger partial charge in [-0.2, -0.15) is 0 Å². The molecule has 0 fully saturated rings. The molecule has 82 valence electrons. The normalized spacial score (nSPS) is 10.4. The van der Waals surface area contributed by atoms with Crippen LogP contribution in [0.15, 0.2) is 36.5 Å². The Morgan fingerprint density at radius 1 is 1.19 bits per heavy atom. The zero-order chi connectivity index (χ0) is 11.5. The van der Waals surface area contributed by atoms with Crippen LogP contribution in [0.25, 0.3) is 11.1 Å². The molecule has 0 aliphatic rings. The molecule has 0 unspecified atom stereocenters. The molecular weight excluding hydrogens is 248 g/mol. The molecule has 0 saturated heterocycles. The van der Waals surface area contributed by atoms with Crippen LogP contribution < -0.4 is 0 Å². The molecule has 0 aliphatic carbocycles. The number of hydrogen-bond acceptors (Lipinski definition) is 1. The summed E-state index contributed by atoms with van der Waals surface area (Å²) in [5, 5.41) is 0.404. The van der Waals surface area contributed by atoms with Crippen molar-refractivity contribution in [1.29, 1.82) is 0 Å². The van der Waals surface area contributed by atoms with E-state index < -0.39 is 0 Å². The molecule has 0 N–H and O–H groups in total. The summed E-state index contributed by atoms with van der Waals surface area (Å²) in [5.74, 6) is 0.0766. The lowest BCUT2D eigenvalue weighted by Gasteiger charge is -2.07. The van der Waals surface area contributed by atoms with E-state index in [9.17, 15) is 4.39 Å². The van der Waals surface area contributed by atoms with Gasteiger partial charge in [-0.05, 0) is 29.3 Å². The van der Waals surface area contributed by atoms with E-state index in [1.54, 1.807) is 24.4 Å². The van der Waals surface area contributed by atoms with E-state index in [0.717, 1.165) is 16.7 Å². The number of pyridine rings is 1. The van der Waals surface area contributed by atoms with Crippen LogP contribution in [0.4, 0.5) is 4.39 Å². The monoisotopic (exact) mass is 255 g/mol. The molecule has 0 aliphatic heterocycles. The molecular formula is C12H8Cl2FN. The maximum atomic E-state index is 12.8. The van der Waals surface area contributed by atoms with Crippen LogP contribution in [0.3, 0.4) is 0 Å². The number of alkyl halides is 1. The standard InChI is InChI=1S/C12H8Cl2FN/c13-6-9-5-12(14)16-7-11(9)8-1-3-10(15)4-2-8/h1-5,7H,6H2. The molecule has 0 bridgehead atoms. The molecule has 2 rings (SSSR count). The lowest BCUT2D eigenvalue weighted by molar-refractivity contribution is 0.628. The average molecular weight is 256 g/mol. The topological polar surface area (TPSA) is 12.9 Å². The van der Waals surface area contributed by atoms with Crippen LogP contribution in [0.5, 0.6) is 0 Å². The summed E-state index contributed by atoms with van der Waals surface area (Å²) in [7, 11) is 0. The SMILES string of the molecule is Fc1ccc(-c2cnc(Cl)cc2CCl)cc1. The minimum Gasteiger partial charge on any atom is -0.244 e. The summed E-state index contributed by atoms with van der Waals surface area (Å²) in [6, 6.07) is 7.91. The van der Waals surface area contributed by atoms with Crippen LogP contribution >= 0.6 is 23.2 Å². The number of hydrogen-bond donors (Lipinski definition) is 0. The van der Waals surface area contributed by atoms with Gasteiger partial charge in [-0.15, -0.1) is 11.6 Å². The minimum atomic E-state index is -0.266. The van der Waals surface area contributed by atoms with Gasteiger partial charge in [-0.25, -0.2) is 9.37 Å². The molecule has 0 spiro atoms. The molecule has 4 heteroatoms. The van der Waals surface area contributed by atoms with Gasteiger partial charge in [-0.3, -0.25) is 0 Å². The third kappa shape index (κ3) is 2.34. The van der Waals surface area contributed by atoms with Crippen molar-refractivity contribution in [1.82, 2.24) is 4.98 Å². The van der Waals surface area contributed by atoms with Crippen LogP contribution in [0, 0.1) is 5.82 Å². The quantitative estimate of drug-likeness (QED) is 0.577. The fourth-order valence-corrected chi connectivity index (χ4v) is 1.87. The third-order valence-electron chi connectivity index (χ3n) is 2.26. The van der Waals surface area contributed by atoms with E-state index in [0.29, 0.717) is 11.0 Å². The van der Waals surface area contributed by atoms with E-state index in [-0.39, 0.29) is 5.82 Å². The second-order valence-corrected chi connectivity index (χ2v) is 3.96. The Hall–Kier alpha value is -1.12. The highest BCUT2D eigenvalue weighted by atomic mass is 35.5. The van der Waals surface area contributed by atoms with Gasteiger partial charge in [0.15, 0.2) is 0 Å². The van der Waals surface area contributed by atoms with Crippen LogP contribution in [0.1, 0.15) is 5.56 Å². The van der Waals surface area contributed by atoms with Gasteiger partial charge in [0, 0.05) is 17.6 Å². The van der Waals surface area contributed by atoms with Gasteiger partial charge in [0.2, 0.25) is 0 Å². The lowest BCUT2D eigenvalue weighted by Crippen LogP contribution is -1.89. The van der Waals surface area contributed by atoms with Gasteiger partial charge >= 0.3 is 0 Å². The molecule has 0 amide bonds. The fraction of sp³-hybridized carbons (Fsp3) is 0.0833. The Bertz CT molecular complexity index is 497. The van der Waals surface area contributed by atoms with Crippen molar-refractivity contribution >= 4 is 23.2 Å². The average Bonchev–Trinajstić information content (AvgIpc) is 2.30. The summed E-state index contributed by atoms with van der Waals surface area (Å²) in [6.07, 6.45) is 1.65. The zero-order valence-electron chi connectivity index (χ0n) is 8.25. The largest absolute Gasteiger partial charge is 0.244 e. The third-order valence-corrected chi connectivity index (χ3v) is 2.75. The molecule has 1 heterocycles. The van der Waals surface area contributed by atoms with Gasteiger partial charge in [0.25, 0.3) is 0 Å². The minimum absolute atomic E-state index is 0.266. The Labute approximate surface area is 103 Å². The van der Waals surface area contributed by atoms with Crippen molar-refractivity contribution in [3.05, 3.63) is 53.1 Å². The number of rotatable bonds is 2. The highest BCUT2D eigenvalue weighted by molar-refractivity contribution is 6.29. The highest BCUT2D eigenvalue weighted by Gasteiger charge is 2.06. The van der Waals surface area contributed by atoms with Crippen molar-refractivity contribution in [2.75, 3.05) is 0 Å². The second kappa shape index (κ2) is 4.81. The molecule has 1 aromatic heterocycles. The summed E-state index contributed by atoms with van der Waals surface area (Å²) in [6.45, 7) is 0. The Balaban J connectivity index is 2.51. The maximum Gasteiger partial charge on any atom is 0.129 e. The smallest absolute Gasteiger partial charge is 0.129 e. The van der Waals surface area contributed by atoms with Crippen LogP contribution in [-0.4, -0.2) is 4.98 Å². The molecule has 1 nitrogen and oxygen atoms in total. The van der Waals surface area contributed by atoms with Crippen molar-refractivity contribution in [3.63, 3.8) is 0 Å². The van der Waals surface area contributed by atoms with Gasteiger partial charge in [0.1, 0.15) is 11.0 Å². The molecule has 0 saturated carbocycles. The fourth-order valence-electron chi connectivity index (χ4n) is 1.47. The summed E-state index contributed by atoms with van der Waals surface area (Å²) < 4.78 is 12.8. The highest BCUT2D eigenvalue weighted by Crippen LogP contribution is 2.26. The van der Waals surface area contributed by atoms with E-state index in [4.69, 9.17) is 23.2 Å². The molecule has 16 heavy (non-hydrogen) atoms. The second-order valence-electron chi connectivity index (χ2n) is 3.30. The first-order valence-corrected chi connectivity index (χ1v) is 5.58. The summed E-state index contributed by atoms with van der Waals surface area (Å²) >= 11 is 11.6. The van der Waals surface area contributed by atoms with Crippen LogP contribution in [-0.2, 0) is 5.88 Å². The van der Waals surface area contributed by atoms with E-state index in [1.807, 2.05) is 0 Å². The Morgan fingerprint density at radius 2 is 1.88 bits per heavy atom. The predicted molar refractivity (Wildman–Crippen MR) is 64.2 cm³/mol. The first-order chi connectivity index (χ1) is 7.70. The first-order valence-electron chi connectivity index (χ1n) is 4.67. The van der Waals surface area contributed by atoms with Crippen molar-refractivity contribution < 1.29 is 4.39 Å². The zero-order valence-corrected chi connectivity index (χ0v) is 9.76. The molecule has 1 aromatic carbocycles. The number of halogens is 3. The van der Waals surface area contributed by atoms with Gasteiger partial charge in [0.05, 0.1) is 0 Å². The summed E-state index contributed by atoms with van der Waals surface area (Å²) in [4.78, 5) is 4.00.